The summed E-state index contributed by atoms with van der Waals surface area (Å²) in [4.78, 5) is 0. The topological polar surface area (TPSA) is 24.6 Å². The third-order valence-electron chi connectivity index (χ3n) is 7.76. The quantitative estimate of drug-likeness (QED) is 0.225. The number of benzene rings is 4. The fourth-order valence-corrected chi connectivity index (χ4v) is 5.53. The predicted molar refractivity (Wildman–Crippen MR) is 177 cm³/mol. The van der Waals surface area contributed by atoms with Gasteiger partial charge in [-0.3, -0.25) is 0 Å². The van der Waals surface area contributed by atoms with E-state index in [0.29, 0.717) is 0 Å². The Balaban J connectivity index is 1.26. The number of hydrazone groups is 1. The fraction of sp³-hybridized carbons (Fsp3) is 0.0500. The first-order valence-corrected chi connectivity index (χ1v) is 14.6. The van der Waals surface area contributed by atoms with E-state index in [2.05, 4.69) is 132 Å². The van der Waals surface area contributed by atoms with Crippen LogP contribution in [0.5, 0.6) is 0 Å². The second-order valence-electron chi connectivity index (χ2n) is 10.7. The van der Waals surface area contributed by atoms with Gasteiger partial charge in [-0.05, 0) is 52.2 Å². The van der Waals surface area contributed by atoms with Gasteiger partial charge >= 0.3 is 0 Å². The van der Waals surface area contributed by atoms with Crippen molar-refractivity contribution >= 4 is 29.0 Å². The van der Waals surface area contributed by atoms with Crippen LogP contribution in [0.25, 0.3) is 17.6 Å². The van der Waals surface area contributed by atoms with Crippen molar-refractivity contribution in [1.29, 1.82) is 0 Å². The first kappa shape index (κ1) is 26.4. The molecule has 4 aromatic carbocycles. The van der Waals surface area contributed by atoms with Crippen LogP contribution in [0.2, 0.25) is 0 Å². The molecular formula is C40H31N2O+. The van der Waals surface area contributed by atoms with Crippen LogP contribution >= 0.6 is 0 Å². The second-order valence-corrected chi connectivity index (χ2v) is 10.7. The summed E-state index contributed by atoms with van der Waals surface area (Å²) in [6.07, 6.45) is 18.1. The first-order valence-electron chi connectivity index (χ1n) is 14.6. The van der Waals surface area contributed by atoms with Crippen molar-refractivity contribution in [3.8, 4) is 0 Å². The monoisotopic (exact) mass is 555 g/mol. The maximum absolute atomic E-state index is 6.41. The van der Waals surface area contributed by atoms with Gasteiger partial charge in [-0.1, -0.05) is 132 Å². The van der Waals surface area contributed by atoms with Crippen LogP contribution in [-0.2, 0) is 4.74 Å². The van der Waals surface area contributed by atoms with Crippen LogP contribution in [0.3, 0.4) is 0 Å². The molecule has 0 amide bonds. The molecule has 4 aromatic rings. The molecule has 0 fully saturated rings. The third kappa shape index (κ3) is 5.93. The van der Waals surface area contributed by atoms with Gasteiger partial charge in [-0.25, -0.2) is 0 Å². The molecule has 3 heteroatoms. The van der Waals surface area contributed by atoms with Gasteiger partial charge in [0.2, 0.25) is 11.8 Å². The minimum absolute atomic E-state index is 0.132. The average Bonchev–Trinajstić information content (AvgIpc) is 3.53. The number of hydrogen-bond acceptors (Lipinski definition) is 2. The van der Waals surface area contributed by atoms with Gasteiger partial charge in [0.05, 0.1) is 6.42 Å². The van der Waals surface area contributed by atoms with Crippen LogP contribution in [0.4, 0.5) is 0 Å². The molecule has 1 aliphatic carbocycles. The number of nitrogens with zero attached hydrogens (tertiary/aromatic N) is 2. The Morgan fingerprint density at radius 3 is 1.70 bits per heavy atom. The maximum atomic E-state index is 6.41. The normalized spacial score (nSPS) is 18.0. The van der Waals surface area contributed by atoms with E-state index in [9.17, 15) is 0 Å². The fourth-order valence-electron chi connectivity index (χ4n) is 5.53. The number of allylic oxidation sites excluding steroid dienone is 9. The van der Waals surface area contributed by atoms with Crippen LogP contribution in [0.15, 0.2) is 180 Å². The minimum Gasteiger partial charge on any atom is -0.456 e. The van der Waals surface area contributed by atoms with E-state index in [4.69, 9.17) is 9.84 Å². The number of hydrogen-bond donors (Lipinski definition) is 0. The summed E-state index contributed by atoms with van der Waals surface area (Å²) in [5, 5.41) is 5.09. The standard InChI is InChI=1S/C40H31N2O/c1-5-13-30(14-6-1)21-24-36-29-38(32-15-7-2-8-16-32)42(41-36)37-25-22-31(23-26-37)35-27-39(33-17-9-3-10-18-33)43-40(28-35)34-19-11-4-12-20-34/h1-28,38H,29H2/q+1/b24-21+. The summed E-state index contributed by atoms with van der Waals surface area (Å²) in [5.41, 5.74) is 8.87. The lowest BCUT2D eigenvalue weighted by Crippen LogP contribution is -2.17. The van der Waals surface area contributed by atoms with E-state index in [1.165, 1.54) is 11.1 Å². The van der Waals surface area contributed by atoms with Gasteiger partial charge in [0, 0.05) is 28.8 Å². The van der Waals surface area contributed by atoms with Crippen LogP contribution in [-0.4, -0.2) is 16.1 Å². The molecule has 0 saturated carbocycles. The zero-order valence-electron chi connectivity index (χ0n) is 23.8. The molecule has 206 valence electrons. The van der Waals surface area contributed by atoms with Crippen molar-refractivity contribution in [2.24, 2.45) is 5.10 Å². The summed E-state index contributed by atoms with van der Waals surface area (Å²) < 4.78 is 8.58. The van der Waals surface area contributed by atoms with E-state index in [-0.39, 0.29) is 6.04 Å². The van der Waals surface area contributed by atoms with Crippen molar-refractivity contribution in [3.05, 3.63) is 197 Å². The number of ether oxygens (including phenoxy) is 1. The van der Waals surface area contributed by atoms with E-state index >= 15 is 0 Å². The molecule has 0 radical (unpaired) electrons. The lowest BCUT2D eigenvalue weighted by Gasteiger charge is -2.20. The molecule has 0 N–H and O–H groups in total. The molecular weight excluding hydrogens is 524 g/mol. The molecule has 1 atom stereocenters. The zero-order chi connectivity index (χ0) is 28.8. The van der Waals surface area contributed by atoms with Crippen molar-refractivity contribution in [1.82, 2.24) is 0 Å². The summed E-state index contributed by atoms with van der Waals surface area (Å²) in [7, 11) is 0. The highest BCUT2D eigenvalue weighted by molar-refractivity contribution is 6.04. The molecule has 0 saturated heterocycles. The largest absolute Gasteiger partial charge is 0.456 e. The summed E-state index contributed by atoms with van der Waals surface area (Å²) >= 11 is 0. The summed E-state index contributed by atoms with van der Waals surface area (Å²) in [6.45, 7) is 0. The Morgan fingerprint density at radius 1 is 0.581 bits per heavy atom. The van der Waals surface area contributed by atoms with Crippen molar-refractivity contribution < 1.29 is 9.42 Å². The highest BCUT2D eigenvalue weighted by atomic mass is 16.5. The van der Waals surface area contributed by atoms with Gasteiger partial charge < -0.3 is 4.74 Å². The highest BCUT2D eigenvalue weighted by Gasteiger charge is 2.34. The molecule has 0 aromatic heterocycles. The lowest BCUT2D eigenvalue weighted by atomic mass is 9.97. The molecule has 0 spiro atoms. The second kappa shape index (κ2) is 12.1. The van der Waals surface area contributed by atoms with E-state index in [1.54, 1.807) is 0 Å². The van der Waals surface area contributed by atoms with Crippen molar-refractivity contribution in [2.75, 3.05) is 0 Å². The predicted octanol–water partition coefficient (Wildman–Crippen LogP) is 9.19. The van der Waals surface area contributed by atoms with Gasteiger partial charge in [-0.15, -0.1) is 0 Å². The Bertz CT molecular complexity index is 1800. The minimum atomic E-state index is 0.132. The Labute approximate surface area is 252 Å². The van der Waals surface area contributed by atoms with Gasteiger partial charge in [0.1, 0.15) is 17.2 Å². The maximum Gasteiger partial charge on any atom is 0.232 e. The molecule has 1 unspecified atom stereocenters. The summed E-state index contributed by atoms with van der Waals surface area (Å²) in [5.74, 6) is 1.67. The molecule has 3 aliphatic rings. The molecule has 0 bridgehead atoms. The first-order chi connectivity index (χ1) is 21.3. The van der Waals surface area contributed by atoms with Crippen LogP contribution in [0.1, 0.15) is 34.7 Å². The Hall–Kier alpha value is -5.54. The summed E-state index contributed by atoms with van der Waals surface area (Å²) in [6, 6.07) is 41.7. The zero-order valence-corrected chi connectivity index (χ0v) is 23.8. The van der Waals surface area contributed by atoms with Crippen molar-refractivity contribution in [2.45, 2.75) is 12.5 Å². The third-order valence-corrected chi connectivity index (χ3v) is 7.76. The van der Waals surface area contributed by atoms with Crippen LogP contribution < -0.4 is 0 Å². The Kier molecular flexibility index (Phi) is 7.44. The molecule has 2 heterocycles. The smallest absolute Gasteiger partial charge is 0.232 e. The van der Waals surface area contributed by atoms with E-state index in [0.717, 1.165) is 51.6 Å². The van der Waals surface area contributed by atoms with Gasteiger partial charge in [0.25, 0.3) is 0 Å². The number of rotatable bonds is 5. The molecule has 7 rings (SSSR count). The average molecular weight is 556 g/mol. The van der Waals surface area contributed by atoms with E-state index < -0.39 is 0 Å². The highest BCUT2D eigenvalue weighted by Crippen LogP contribution is 2.34. The molecule has 3 nitrogen and oxygen atoms in total. The van der Waals surface area contributed by atoms with E-state index in [1.807, 2.05) is 42.5 Å². The van der Waals surface area contributed by atoms with Gasteiger partial charge in [0.15, 0.2) is 0 Å². The van der Waals surface area contributed by atoms with Crippen LogP contribution in [0, 0.1) is 0 Å². The van der Waals surface area contributed by atoms with Crippen molar-refractivity contribution in [3.63, 3.8) is 0 Å². The molecule has 43 heavy (non-hydrogen) atoms. The molecule has 2 aliphatic heterocycles. The lowest BCUT2D eigenvalue weighted by molar-refractivity contribution is -0.566. The SMILES string of the molecule is C1=CC(=[N+]2N=C(/C=C/c3ccccc3)CC2c2ccccc2)C=CC1=C1C=C(c2ccccc2)OC(c2ccccc2)=C1. The Morgan fingerprint density at radius 2 is 1.12 bits per heavy atom. The van der Waals surface area contributed by atoms with Gasteiger partial charge in [-0.2, -0.15) is 0 Å².